The van der Waals surface area contributed by atoms with Gasteiger partial charge in [0, 0.05) is 59.5 Å². The summed E-state index contributed by atoms with van der Waals surface area (Å²) in [7, 11) is 0. The van der Waals surface area contributed by atoms with E-state index in [1.165, 1.54) is 24.3 Å². The van der Waals surface area contributed by atoms with Gasteiger partial charge in [-0.25, -0.2) is 42.5 Å². The molecular weight excluding hydrogens is 694 g/mol. The molecule has 0 unspecified atom stereocenters. The van der Waals surface area contributed by atoms with Gasteiger partial charge in [-0.05, 0) is 85.6 Å². The number of nitrogens with one attached hydrogen (secondary N) is 1. The molecule has 1 N–H and O–H groups in total. The van der Waals surface area contributed by atoms with E-state index in [-0.39, 0.29) is 0 Å². The van der Waals surface area contributed by atoms with Gasteiger partial charge >= 0.3 is 0 Å². The second kappa shape index (κ2) is 14.9. The van der Waals surface area contributed by atoms with Gasteiger partial charge in [-0.1, -0.05) is 17.7 Å². The van der Waals surface area contributed by atoms with Crippen LogP contribution in [0.5, 0.6) is 0 Å². The lowest BCUT2D eigenvalue weighted by molar-refractivity contribution is 0.122. The molecule has 2 aromatic carbocycles. The molecule has 1 saturated heterocycles. The Morgan fingerprint density at radius 2 is 1.19 bits per heavy atom. The van der Waals surface area contributed by atoms with Crippen molar-refractivity contribution in [2.75, 3.05) is 36.5 Å². The van der Waals surface area contributed by atoms with Crippen LogP contribution in [0.15, 0.2) is 91.3 Å². The minimum absolute atomic E-state index is 0.342. The molecule has 1 aliphatic heterocycles. The number of aromatic nitrogens is 5. The number of rotatable bonds is 5. The van der Waals surface area contributed by atoms with Crippen molar-refractivity contribution in [2.45, 2.75) is 13.8 Å². The van der Waals surface area contributed by atoms with Crippen LogP contribution in [0, 0.1) is 37.1 Å². The van der Waals surface area contributed by atoms with Crippen LogP contribution < -0.4 is 10.2 Å². The molecule has 1 fully saturated rings. The van der Waals surface area contributed by atoms with Crippen molar-refractivity contribution < 1.29 is 22.3 Å². The van der Waals surface area contributed by atoms with Crippen LogP contribution in [0.3, 0.4) is 0 Å². The normalized spacial score (nSPS) is 12.9. The van der Waals surface area contributed by atoms with E-state index in [1.54, 1.807) is 31.5 Å². The molecule has 1 aliphatic rings. The number of hydrogen-bond acceptors (Lipinski definition) is 8. The Morgan fingerprint density at radius 1 is 0.654 bits per heavy atom. The fourth-order valence-corrected chi connectivity index (χ4v) is 6.28. The van der Waals surface area contributed by atoms with Crippen molar-refractivity contribution in [2.24, 2.45) is 0 Å². The highest BCUT2D eigenvalue weighted by Crippen LogP contribution is 2.36. The van der Waals surface area contributed by atoms with E-state index in [0.29, 0.717) is 68.8 Å². The summed E-state index contributed by atoms with van der Waals surface area (Å²) in [6.45, 7) is 6.55. The van der Waals surface area contributed by atoms with Crippen molar-refractivity contribution in [3.63, 3.8) is 0 Å². The Kier molecular flexibility index (Phi) is 9.92. The van der Waals surface area contributed by atoms with E-state index in [2.05, 4.69) is 30.2 Å². The third kappa shape index (κ3) is 7.34. The Labute approximate surface area is 301 Å². The van der Waals surface area contributed by atoms with Crippen molar-refractivity contribution in [1.29, 1.82) is 0 Å². The number of morpholine rings is 1. The standard InChI is InChI=1S/C24H21F2N5O.C15H9ClF2N2/c1-15-22(16-12-17(25)14-18(26)13-16)30-24-19(4-3-7-27-24)23(15)29-20-5-2-6-21(28-20)31-8-10-32-11-9-31;1-8-13(16)12-3-2-4-19-15(12)20-14(8)9-5-10(17)7-11(18)6-9/h2-7,12-14H,8-11H2,1H3,(H,27,28,29,30);2-7H,1H3. The minimum Gasteiger partial charge on any atom is -0.378 e. The van der Waals surface area contributed by atoms with Crippen molar-refractivity contribution in [3.05, 3.63) is 131 Å². The van der Waals surface area contributed by atoms with Gasteiger partial charge in [-0.2, -0.15) is 0 Å². The molecule has 0 radical (unpaired) electrons. The van der Waals surface area contributed by atoms with Crippen LogP contribution in [-0.2, 0) is 4.74 Å². The summed E-state index contributed by atoms with van der Waals surface area (Å²) in [6.07, 6.45) is 3.23. The van der Waals surface area contributed by atoms with E-state index in [9.17, 15) is 17.6 Å². The van der Waals surface area contributed by atoms with Crippen LogP contribution >= 0.6 is 11.6 Å². The third-order valence-corrected chi connectivity index (χ3v) is 9.01. The average molecular weight is 724 g/mol. The van der Waals surface area contributed by atoms with Crippen molar-refractivity contribution in [1.82, 2.24) is 24.9 Å². The first-order valence-electron chi connectivity index (χ1n) is 16.3. The molecule has 0 atom stereocenters. The van der Waals surface area contributed by atoms with Crippen LogP contribution in [0.4, 0.5) is 34.9 Å². The van der Waals surface area contributed by atoms with Gasteiger partial charge in [-0.15, -0.1) is 0 Å². The molecule has 6 heterocycles. The smallest absolute Gasteiger partial charge is 0.161 e. The number of anilines is 3. The molecule has 7 aromatic rings. The lowest BCUT2D eigenvalue weighted by atomic mass is 10.0. The zero-order valence-electron chi connectivity index (χ0n) is 28.0. The summed E-state index contributed by atoms with van der Waals surface area (Å²) >= 11 is 6.29. The van der Waals surface area contributed by atoms with Gasteiger partial charge in [0.05, 0.1) is 35.3 Å². The Balaban J connectivity index is 0.000000180. The van der Waals surface area contributed by atoms with Crippen LogP contribution in [-0.4, -0.2) is 51.2 Å². The zero-order valence-corrected chi connectivity index (χ0v) is 28.7. The molecule has 5 aromatic heterocycles. The lowest BCUT2D eigenvalue weighted by Crippen LogP contribution is -2.36. The second-order valence-corrected chi connectivity index (χ2v) is 12.4. The molecule has 13 heteroatoms. The van der Waals surface area contributed by atoms with E-state index >= 15 is 0 Å². The molecular formula is C39H30ClF4N7O. The number of fused-ring (bicyclic) bond motifs is 2. The number of pyridine rings is 5. The summed E-state index contributed by atoms with van der Waals surface area (Å²) < 4.78 is 59.9. The summed E-state index contributed by atoms with van der Waals surface area (Å²) in [5.41, 5.74) is 4.66. The minimum atomic E-state index is -0.656. The third-order valence-electron chi connectivity index (χ3n) is 8.52. The Morgan fingerprint density at radius 3 is 1.79 bits per heavy atom. The summed E-state index contributed by atoms with van der Waals surface area (Å²) in [4.78, 5) is 24.4. The first-order valence-corrected chi connectivity index (χ1v) is 16.7. The second-order valence-electron chi connectivity index (χ2n) is 12.0. The molecule has 8 nitrogen and oxygen atoms in total. The highest BCUT2D eigenvalue weighted by Gasteiger charge is 2.18. The monoisotopic (exact) mass is 723 g/mol. The van der Waals surface area contributed by atoms with E-state index in [4.69, 9.17) is 21.3 Å². The number of nitrogens with zero attached hydrogens (tertiary/aromatic N) is 6. The number of hydrogen-bond donors (Lipinski definition) is 1. The van der Waals surface area contributed by atoms with Crippen molar-refractivity contribution >= 4 is 51.0 Å². The highest BCUT2D eigenvalue weighted by molar-refractivity contribution is 6.36. The van der Waals surface area contributed by atoms with E-state index < -0.39 is 23.3 Å². The molecule has 0 aliphatic carbocycles. The predicted molar refractivity (Wildman–Crippen MR) is 195 cm³/mol. The molecule has 0 bridgehead atoms. The maximum absolute atomic E-state index is 13.9. The van der Waals surface area contributed by atoms with Crippen LogP contribution in [0.2, 0.25) is 5.02 Å². The van der Waals surface area contributed by atoms with Gasteiger partial charge < -0.3 is 15.0 Å². The summed E-state index contributed by atoms with van der Waals surface area (Å²) in [6, 6.07) is 19.8. The fourth-order valence-electron chi connectivity index (χ4n) is 6.04. The SMILES string of the molecule is Cc1c(-c2cc(F)cc(F)c2)nc2ncccc2c1Cl.Cc1c(-c2cc(F)cc(F)c2)nc2ncccc2c1Nc1cccc(N2CCOCC2)n1. The topological polar surface area (TPSA) is 89.0 Å². The van der Waals surface area contributed by atoms with Crippen LogP contribution in [0.25, 0.3) is 44.6 Å². The van der Waals surface area contributed by atoms with Gasteiger partial charge in [0.25, 0.3) is 0 Å². The maximum atomic E-state index is 13.9. The molecule has 262 valence electrons. The van der Waals surface area contributed by atoms with Crippen LogP contribution in [0.1, 0.15) is 11.1 Å². The maximum Gasteiger partial charge on any atom is 0.161 e. The average Bonchev–Trinajstić information content (AvgIpc) is 3.14. The molecule has 0 spiro atoms. The fraction of sp³-hybridized carbons (Fsp3) is 0.154. The lowest BCUT2D eigenvalue weighted by Gasteiger charge is -2.28. The first kappa shape index (κ1) is 34.7. The van der Waals surface area contributed by atoms with Gasteiger partial charge in [0.2, 0.25) is 0 Å². The Bertz CT molecular complexity index is 2400. The first-order chi connectivity index (χ1) is 25.1. The highest BCUT2D eigenvalue weighted by atomic mass is 35.5. The van der Waals surface area contributed by atoms with E-state index in [0.717, 1.165) is 47.7 Å². The van der Waals surface area contributed by atoms with E-state index in [1.807, 2.05) is 37.3 Å². The van der Waals surface area contributed by atoms with Gasteiger partial charge in [0.1, 0.15) is 34.9 Å². The summed E-state index contributed by atoms with van der Waals surface area (Å²) in [5.74, 6) is -1.10. The number of ether oxygens (including phenoxy) is 1. The zero-order chi connectivity index (χ0) is 36.4. The van der Waals surface area contributed by atoms with Gasteiger partial charge in [-0.3, -0.25) is 0 Å². The molecule has 52 heavy (non-hydrogen) atoms. The largest absolute Gasteiger partial charge is 0.378 e. The molecule has 0 saturated carbocycles. The van der Waals surface area contributed by atoms with Crippen molar-refractivity contribution in [3.8, 4) is 22.5 Å². The molecule has 8 rings (SSSR count). The Hall–Kier alpha value is -5.72. The molecule has 0 amide bonds. The predicted octanol–water partition coefficient (Wildman–Crippen LogP) is 9.40. The van der Waals surface area contributed by atoms with Gasteiger partial charge in [0.15, 0.2) is 11.3 Å². The summed E-state index contributed by atoms with van der Waals surface area (Å²) in [5, 5.41) is 5.40. The quantitative estimate of drug-likeness (QED) is 0.176. The number of benzene rings is 2. The number of halogens is 5.